The number of carboxylic acid groups (broad SMARTS) is 1. The number of nitrogens with one attached hydrogen (secondary N) is 1. The topological polar surface area (TPSA) is 66.4 Å². The van der Waals surface area contributed by atoms with Crippen LogP contribution >= 0.6 is 11.8 Å². The zero-order valence-corrected chi connectivity index (χ0v) is 11.5. The number of hydrogen-bond donors (Lipinski definition) is 2. The molecule has 2 N–H and O–H groups in total. The largest absolute Gasteiger partial charge is 0.480 e. The smallest absolute Gasteiger partial charge is 0.416 e. The van der Waals surface area contributed by atoms with Crippen molar-refractivity contribution < 1.29 is 32.3 Å². The minimum Gasteiger partial charge on any atom is -0.480 e. The van der Waals surface area contributed by atoms with E-state index < -0.39 is 35.5 Å². The maximum absolute atomic E-state index is 13.5. The number of carboxylic acids is 1. The first kappa shape index (κ1) is 17.3. The molecule has 116 valence electrons. The van der Waals surface area contributed by atoms with Crippen LogP contribution in [-0.4, -0.2) is 28.8 Å². The number of carbonyl (C=O) groups is 2. The normalized spacial score (nSPS) is 12.8. The number of alkyl halides is 3. The molecule has 1 aromatic carbocycles. The number of carbonyl (C=O) groups excluding carboxylic acids is 1. The third-order valence-corrected chi connectivity index (χ3v) is 3.48. The van der Waals surface area contributed by atoms with Crippen LogP contribution in [0.1, 0.15) is 12.5 Å². The number of rotatable bonds is 5. The minimum atomic E-state index is -4.65. The highest BCUT2D eigenvalue weighted by molar-refractivity contribution is 7.99. The molecule has 0 spiro atoms. The molecule has 0 aliphatic carbocycles. The molecule has 0 fully saturated rings. The molecule has 0 unspecified atom stereocenters. The predicted octanol–water partition coefficient (Wildman–Crippen LogP) is 2.53. The molecular weight excluding hydrogens is 314 g/mol. The summed E-state index contributed by atoms with van der Waals surface area (Å²) in [5, 5.41) is 11.0. The van der Waals surface area contributed by atoms with Crippen LogP contribution in [0, 0.1) is 5.82 Å². The van der Waals surface area contributed by atoms with Gasteiger partial charge in [0, 0.05) is 17.6 Å². The number of thioether (sulfide) groups is 1. The predicted molar refractivity (Wildman–Crippen MR) is 67.4 cm³/mol. The van der Waals surface area contributed by atoms with Crippen molar-refractivity contribution in [1.29, 1.82) is 0 Å². The van der Waals surface area contributed by atoms with Gasteiger partial charge in [-0.25, -0.2) is 9.18 Å². The van der Waals surface area contributed by atoms with Crippen molar-refractivity contribution in [1.82, 2.24) is 5.32 Å². The Labute approximate surface area is 121 Å². The number of hydrogen-bond acceptors (Lipinski definition) is 3. The monoisotopic (exact) mass is 325 g/mol. The van der Waals surface area contributed by atoms with Gasteiger partial charge in [0.2, 0.25) is 5.91 Å². The summed E-state index contributed by atoms with van der Waals surface area (Å²) in [6.07, 6.45) is -4.65. The molecule has 4 nitrogen and oxygen atoms in total. The van der Waals surface area contributed by atoms with E-state index in [9.17, 15) is 27.2 Å². The van der Waals surface area contributed by atoms with E-state index in [0.717, 1.165) is 13.0 Å². The Balaban J connectivity index is 2.79. The van der Waals surface area contributed by atoms with E-state index in [1.807, 2.05) is 0 Å². The molecule has 0 radical (unpaired) electrons. The molecule has 9 heteroatoms. The first-order valence-electron chi connectivity index (χ1n) is 5.60. The van der Waals surface area contributed by atoms with Crippen molar-refractivity contribution in [2.24, 2.45) is 0 Å². The van der Waals surface area contributed by atoms with Crippen LogP contribution in [0.25, 0.3) is 0 Å². The van der Waals surface area contributed by atoms with Gasteiger partial charge in [0.15, 0.2) is 0 Å². The molecule has 0 aliphatic heterocycles. The molecule has 0 aliphatic rings. The molecular formula is C12H11F4NO3S. The van der Waals surface area contributed by atoms with Crippen molar-refractivity contribution in [2.45, 2.75) is 24.0 Å². The van der Waals surface area contributed by atoms with Crippen molar-refractivity contribution in [3.05, 3.63) is 29.6 Å². The lowest BCUT2D eigenvalue weighted by molar-refractivity contribution is -0.140. The van der Waals surface area contributed by atoms with Crippen molar-refractivity contribution >= 4 is 23.6 Å². The van der Waals surface area contributed by atoms with E-state index in [4.69, 9.17) is 5.11 Å². The first-order valence-corrected chi connectivity index (χ1v) is 6.59. The van der Waals surface area contributed by atoms with Crippen LogP contribution < -0.4 is 5.32 Å². The quantitative estimate of drug-likeness (QED) is 0.645. The fourth-order valence-electron chi connectivity index (χ4n) is 1.39. The Morgan fingerprint density at radius 2 is 2.00 bits per heavy atom. The van der Waals surface area contributed by atoms with E-state index in [1.54, 1.807) is 0 Å². The Hall–Kier alpha value is -1.77. The third-order valence-electron chi connectivity index (χ3n) is 2.34. The van der Waals surface area contributed by atoms with Crippen molar-refractivity contribution in [3.63, 3.8) is 0 Å². The molecule has 1 amide bonds. The number of aliphatic carboxylic acids is 1. The number of benzene rings is 1. The summed E-state index contributed by atoms with van der Waals surface area (Å²) in [4.78, 5) is 21.5. The standard InChI is InChI=1S/C12H11F4NO3S/c1-6(18)17-9(11(19)20)5-21-10-3-2-7(4-8(10)13)12(14,15)16/h2-4,9H,5H2,1H3,(H,17,18)(H,19,20)/t9-/m0/s1. The second-order valence-electron chi connectivity index (χ2n) is 4.05. The maximum Gasteiger partial charge on any atom is 0.416 e. The van der Waals surface area contributed by atoms with Gasteiger partial charge in [0.1, 0.15) is 11.9 Å². The van der Waals surface area contributed by atoms with Gasteiger partial charge >= 0.3 is 12.1 Å². The molecule has 1 atom stereocenters. The Morgan fingerprint density at radius 3 is 2.43 bits per heavy atom. The van der Waals surface area contributed by atoms with E-state index in [1.165, 1.54) is 0 Å². The van der Waals surface area contributed by atoms with Crippen molar-refractivity contribution in [2.75, 3.05) is 5.75 Å². The average Bonchev–Trinajstić information content (AvgIpc) is 2.33. The van der Waals surface area contributed by atoms with Gasteiger partial charge in [-0.1, -0.05) is 0 Å². The van der Waals surface area contributed by atoms with E-state index in [2.05, 4.69) is 5.32 Å². The van der Waals surface area contributed by atoms with Crippen LogP contribution in [0.2, 0.25) is 0 Å². The highest BCUT2D eigenvalue weighted by Crippen LogP contribution is 2.32. The minimum absolute atomic E-state index is 0.125. The molecule has 1 rings (SSSR count). The summed E-state index contributed by atoms with van der Waals surface area (Å²) in [6, 6.07) is 0.722. The van der Waals surface area contributed by atoms with Crippen LogP contribution in [0.5, 0.6) is 0 Å². The van der Waals surface area contributed by atoms with Crippen LogP contribution in [-0.2, 0) is 15.8 Å². The molecule has 0 bridgehead atoms. The maximum atomic E-state index is 13.5. The van der Waals surface area contributed by atoms with Crippen LogP contribution in [0.3, 0.4) is 0 Å². The highest BCUT2D eigenvalue weighted by Gasteiger charge is 2.31. The Kier molecular flexibility index (Phi) is 5.59. The van der Waals surface area contributed by atoms with Gasteiger partial charge in [-0.3, -0.25) is 4.79 Å². The van der Waals surface area contributed by atoms with E-state index in [0.29, 0.717) is 23.9 Å². The molecule has 21 heavy (non-hydrogen) atoms. The molecule has 0 saturated heterocycles. The van der Waals surface area contributed by atoms with Gasteiger partial charge in [-0.2, -0.15) is 13.2 Å². The average molecular weight is 325 g/mol. The summed E-state index contributed by atoms with van der Waals surface area (Å²) in [7, 11) is 0. The summed E-state index contributed by atoms with van der Waals surface area (Å²) in [5.74, 6) is -3.19. The van der Waals surface area contributed by atoms with Gasteiger partial charge in [-0.05, 0) is 18.2 Å². The number of amides is 1. The van der Waals surface area contributed by atoms with Crippen molar-refractivity contribution in [3.8, 4) is 0 Å². The fraction of sp³-hybridized carbons (Fsp3) is 0.333. The van der Waals surface area contributed by atoms with E-state index in [-0.39, 0.29) is 10.6 Å². The first-order chi connectivity index (χ1) is 9.61. The van der Waals surface area contributed by atoms with E-state index >= 15 is 0 Å². The summed E-state index contributed by atoms with van der Waals surface area (Å²) in [6.45, 7) is 1.12. The molecule has 0 saturated carbocycles. The lowest BCUT2D eigenvalue weighted by atomic mass is 10.2. The summed E-state index contributed by atoms with van der Waals surface area (Å²) < 4.78 is 50.6. The number of halogens is 4. The fourth-order valence-corrected chi connectivity index (χ4v) is 2.32. The SMILES string of the molecule is CC(=O)N[C@@H](CSc1ccc(C(F)(F)F)cc1F)C(=O)O. The second-order valence-corrected chi connectivity index (χ2v) is 5.11. The molecule has 0 heterocycles. The lowest BCUT2D eigenvalue weighted by Crippen LogP contribution is -2.41. The summed E-state index contributed by atoms with van der Waals surface area (Å²) >= 11 is 0.707. The van der Waals surface area contributed by atoms with Gasteiger partial charge in [0.05, 0.1) is 5.56 Å². The Bertz CT molecular complexity index is 548. The second kappa shape index (κ2) is 6.79. The van der Waals surface area contributed by atoms with Gasteiger partial charge < -0.3 is 10.4 Å². The third kappa shape index (κ3) is 5.25. The molecule has 0 aromatic heterocycles. The lowest BCUT2D eigenvalue weighted by Gasteiger charge is -2.13. The van der Waals surface area contributed by atoms with Gasteiger partial charge in [-0.15, -0.1) is 11.8 Å². The zero-order chi connectivity index (χ0) is 16.2. The van der Waals surface area contributed by atoms with Gasteiger partial charge in [0.25, 0.3) is 0 Å². The zero-order valence-electron chi connectivity index (χ0n) is 10.7. The van der Waals surface area contributed by atoms with Crippen LogP contribution in [0.15, 0.2) is 23.1 Å². The molecule has 1 aromatic rings. The summed E-state index contributed by atoms with van der Waals surface area (Å²) in [5.41, 5.74) is -1.12. The Morgan fingerprint density at radius 1 is 1.38 bits per heavy atom. The van der Waals surface area contributed by atoms with Crippen LogP contribution in [0.4, 0.5) is 17.6 Å². The highest BCUT2D eigenvalue weighted by atomic mass is 32.2.